The maximum Gasteiger partial charge on any atom is 0.306 e. The normalized spacial score (nSPS) is 12.4. The molecule has 0 heterocycles. The Morgan fingerprint density at radius 1 is 0.244 bits per heavy atom. The Morgan fingerprint density at radius 3 is 0.707 bits per heavy atom. The molecule has 6 heteroatoms. The molecule has 0 saturated heterocycles. The van der Waals surface area contributed by atoms with Gasteiger partial charge in [-0.1, -0.05) is 338 Å². The molecule has 0 spiro atoms. The Labute approximate surface area is 510 Å². The molecule has 6 nitrogen and oxygen atoms in total. The highest BCUT2D eigenvalue weighted by Gasteiger charge is 2.19. The Morgan fingerprint density at radius 2 is 0.439 bits per heavy atom. The molecule has 0 aromatic heterocycles. The Bertz CT molecular complexity index is 1460. The van der Waals surface area contributed by atoms with E-state index in [2.05, 4.69) is 81.5 Å². The van der Waals surface area contributed by atoms with Crippen molar-refractivity contribution in [2.24, 2.45) is 0 Å². The van der Waals surface area contributed by atoms with E-state index >= 15 is 0 Å². The predicted octanol–water partition coefficient (Wildman–Crippen LogP) is 25.1. The Hall–Kier alpha value is -2.89. The minimum Gasteiger partial charge on any atom is -0.462 e. The SMILES string of the molecule is CCCCC/C=C\C/C=C\CCCCCCCCCC(=O)OC(COC(=O)CCCCCCCCCCCCCCCC)COC(=O)CCCCCCCCCCCCCCCCCCCC/C=C\C/C=C\C/C=C\CCCCCCC. The van der Waals surface area contributed by atoms with Crippen LogP contribution in [0.15, 0.2) is 60.8 Å². The largest absolute Gasteiger partial charge is 0.462 e. The number of hydrogen-bond donors (Lipinski definition) is 0. The second-order valence-corrected chi connectivity index (χ2v) is 24.5. The highest BCUT2D eigenvalue weighted by atomic mass is 16.6. The smallest absolute Gasteiger partial charge is 0.306 e. The standard InChI is InChI=1S/C76H138O6/c1-4-7-10-13-16-19-22-25-28-30-31-32-33-34-35-36-37-38-39-40-41-42-43-44-45-47-48-51-54-57-60-63-66-69-75(78)81-72-73(71-80-74(77)68-65-62-59-56-53-50-27-24-21-18-15-12-9-6-3)82-76(79)70-67-64-61-58-55-52-49-46-29-26-23-20-17-14-11-8-5-2/h17,20,22,25-26,29-31,33-34,73H,4-16,18-19,21,23-24,27-28,32,35-72H2,1-3H3/b20-17-,25-22-,29-26-,31-30-,34-33-. The zero-order valence-electron chi connectivity index (χ0n) is 55.0. The number of hydrogen-bond acceptors (Lipinski definition) is 6. The lowest BCUT2D eigenvalue weighted by Crippen LogP contribution is -2.30. The lowest BCUT2D eigenvalue weighted by Gasteiger charge is -2.18. The molecule has 0 N–H and O–H groups in total. The molecule has 0 bridgehead atoms. The van der Waals surface area contributed by atoms with Crippen LogP contribution in [0.25, 0.3) is 0 Å². The van der Waals surface area contributed by atoms with Gasteiger partial charge in [0.25, 0.3) is 0 Å². The minimum absolute atomic E-state index is 0.0719. The van der Waals surface area contributed by atoms with Crippen molar-refractivity contribution in [1.29, 1.82) is 0 Å². The highest BCUT2D eigenvalue weighted by Crippen LogP contribution is 2.18. The molecule has 478 valence electrons. The summed E-state index contributed by atoms with van der Waals surface area (Å²) in [7, 11) is 0. The van der Waals surface area contributed by atoms with Crippen LogP contribution in [-0.2, 0) is 28.6 Å². The van der Waals surface area contributed by atoms with Gasteiger partial charge in [0.15, 0.2) is 6.10 Å². The number of ether oxygens (including phenoxy) is 3. The van der Waals surface area contributed by atoms with Crippen molar-refractivity contribution < 1.29 is 28.6 Å². The van der Waals surface area contributed by atoms with Gasteiger partial charge in [-0.25, -0.2) is 0 Å². The number of carbonyl (C=O) groups is 3. The van der Waals surface area contributed by atoms with Gasteiger partial charge in [0.2, 0.25) is 0 Å². The van der Waals surface area contributed by atoms with Crippen molar-refractivity contribution in [2.45, 2.75) is 393 Å². The number of carbonyl (C=O) groups excluding carboxylic acids is 3. The molecule has 1 unspecified atom stereocenters. The molecule has 0 aliphatic heterocycles. The van der Waals surface area contributed by atoms with Crippen molar-refractivity contribution in [3.63, 3.8) is 0 Å². The molecule has 0 amide bonds. The summed E-state index contributed by atoms with van der Waals surface area (Å²) >= 11 is 0. The first-order chi connectivity index (χ1) is 40.5. The van der Waals surface area contributed by atoms with Crippen LogP contribution >= 0.6 is 0 Å². The van der Waals surface area contributed by atoms with Gasteiger partial charge in [-0.2, -0.15) is 0 Å². The monoisotopic (exact) mass is 1150 g/mol. The lowest BCUT2D eigenvalue weighted by molar-refractivity contribution is -0.167. The van der Waals surface area contributed by atoms with Crippen LogP contribution < -0.4 is 0 Å². The fourth-order valence-electron chi connectivity index (χ4n) is 10.8. The topological polar surface area (TPSA) is 78.9 Å². The average Bonchev–Trinajstić information content (AvgIpc) is 3.48. The Balaban J connectivity index is 4.16. The molecule has 0 saturated carbocycles. The third-order valence-corrected chi connectivity index (χ3v) is 16.2. The first-order valence-electron chi connectivity index (χ1n) is 36.3. The van der Waals surface area contributed by atoms with Gasteiger partial charge < -0.3 is 14.2 Å². The van der Waals surface area contributed by atoms with Gasteiger partial charge in [0.05, 0.1) is 0 Å². The summed E-state index contributed by atoms with van der Waals surface area (Å²) in [6.45, 7) is 6.66. The summed E-state index contributed by atoms with van der Waals surface area (Å²) in [5.41, 5.74) is 0. The van der Waals surface area contributed by atoms with Crippen LogP contribution in [0.1, 0.15) is 387 Å². The van der Waals surface area contributed by atoms with E-state index in [1.54, 1.807) is 0 Å². The molecule has 82 heavy (non-hydrogen) atoms. The zero-order chi connectivity index (χ0) is 59.2. The molecule has 0 rings (SSSR count). The van der Waals surface area contributed by atoms with E-state index in [-0.39, 0.29) is 31.1 Å². The van der Waals surface area contributed by atoms with E-state index in [1.807, 2.05) is 0 Å². The van der Waals surface area contributed by atoms with Gasteiger partial charge in [-0.15, -0.1) is 0 Å². The number of rotatable bonds is 67. The molecular formula is C76H138O6. The van der Waals surface area contributed by atoms with Crippen molar-refractivity contribution in [3.8, 4) is 0 Å². The number of esters is 3. The molecule has 0 aliphatic rings. The van der Waals surface area contributed by atoms with Crippen molar-refractivity contribution in [1.82, 2.24) is 0 Å². The third-order valence-electron chi connectivity index (χ3n) is 16.2. The fraction of sp³-hybridized carbons (Fsp3) is 0.829. The van der Waals surface area contributed by atoms with Gasteiger partial charge >= 0.3 is 17.9 Å². The van der Waals surface area contributed by atoms with Crippen LogP contribution in [0.2, 0.25) is 0 Å². The minimum atomic E-state index is -0.776. The van der Waals surface area contributed by atoms with Gasteiger partial charge in [0, 0.05) is 19.3 Å². The highest BCUT2D eigenvalue weighted by molar-refractivity contribution is 5.71. The lowest BCUT2D eigenvalue weighted by atomic mass is 10.0. The maximum atomic E-state index is 12.9. The van der Waals surface area contributed by atoms with E-state index in [0.29, 0.717) is 19.3 Å². The summed E-state index contributed by atoms with van der Waals surface area (Å²) in [6, 6.07) is 0. The quantitative estimate of drug-likeness (QED) is 0.0261. The summed E-state index contributed by atoms with van der Waals surface area (Å²) in [5, 5.41) is 0. The van der Waals surface area contributed by atoms with E-state index in [4.69, 9.17) is 14.2 Å². The van der Waals surface area contributed by atoms with Crippen molar-refractivity contribution >= 4 is 17.9 Å². The first-order valence-corrected chi connectivity index (χ1v) is 36.3. The van der Waals surface area contributed by atoms with Gasteiger partial charge in [-0.3, -0.25) is 14.4 Å². The second kappa shape index (κ2) is 70.6. The predicted molar refractivity (Wildman–Crippen MR) is 358 cm³/mol. The molecule has 0 aromatic carbocycles. The van der Waals surface area contributed by atoms with Crippen molar-refractivity contribution in [2.75, 3.05) is 13.2 Å². The summed E-state index contributed by atoms with van der Waals surface area (Å²) in [4.78, 5) is 38.4. The first kappa shape index (κ1) is 79.1. The van der Waals surface area contributed by atoms with E-state index < -0.39 is 6.10 Å². The van der Waals surface area contributed by atoms with Crippen LogP contribution in [0, 0.1) is 0 Å². The zero-order valence-corrected chi connectivity index (χ0v) is 55.0. The molecule has 0 radical (unpaired) electrons. The van der Waals surface area contributed by atoms with Gasteiger partial charge in [-0.05, 0) is 89.9 Å². The second-order valence-electron chi connectivity index (χ2n) is 24.5. The van der Waals surface area contributed by atoms with Crippen LogP contribution in [-0.4, -0.2) is 37.2 Å². The summed E-state index contributed by atoms with van der Waals surface area (Å²) in [6.07, 6.45) is 91.1. The van der Waals surface area contributed by atoms with Crippen LogP contribution in [0.4, 0.5) is 0 Å². The number of allylic oxidation sites excluding steroid dienone is 10. The average molecular weight is 1150 g/mol. The molecule has 0 aromatic rings. The van der Waals surface area contributed by atoms with Crippen molar-refractivity contribution in [3.05, 3.63) is 60.8 Å². The molecule has 0 aliphatic carbocycles. The maximum absolute atomic E-state index is 12.9. The van der Waals surface area contributed by atoms with E-state index in [9.17, 15) is 14.4 Å². The van der Waals surface area contributed by atoms with Crippen LogP contribution in [0.5, 0.6) is 0 Å². The summed E-state index contributed by atoms with van der Waals surface area (Å²) in [5.74, 6) is -0.854. The number of unbranched alkanes of at least 4 members (excludes halogenated alkanes) is 46. The Kier molecular flexibility index (Phi) is 68.1. The third kappa shape index (κ3) is 67.9. The molecule has 0 fully saturated rings. The molecular weight excluding hydrogens is 1010 g/mol. The van der Waals surface area contributed by atoms with E-state index in [0.717, 1.165) is 83.5 Å². The van der Waals surface area contributed by atoms with Gasteiger partial charge in [0.1, 0.15) is 13.2 Å². The molecule has 1 atom stereocenters. The van der Waals surface area contributed by atoms with Crippen LogP contribution in [0.3, 0.4) is 0 Å². The van der Waals surface area contributed by atoms with E-state index in [1.165, 1.54) is 263 Å². The summed E-state index contributed by atoms with van der Waals surface area (Å²) < 4.78 is 17.0. The fourth-order valence-corrected chi connectivity index (χ4v) is 10.8.